The van der Waals surface area contributed by atoms with Crippen molar-refractivity contribution >= 4 is 21.7 Å². The van der Waals surface area contributed by atoms with Gasteiger partial charge in [-0.15, -0.1) is 0 Å². The van der Waals surface area contributed by atoms with Crippen molar-refractivity contribution in [1.29, 1.82) is 0 Å². The molecule has 1 rings (SSSR count). The van der Waals surface area contributed by atoms with E-state index in [1.807, 2.05) is 0 Å². The Morgan fingerprint density at radius 2 is 2.27 bits per heavy atom. The Kier molecular flexibility index (Phi) is 3.82. The molecule has 0 spiro atoms. The predicted octanol–water partition coefficient (Wildman–Crippen LogP) is 2.00. The number of rotatable bonds is 3. The molecule has 0 saturated carbocycles. The van der Waals surface area contributed by atoms with Crippen LogP contribution in [0.3, 0.4) is 0 Å². The van der Waals surface area contributed by atoms with Crippen LogP contribution < -0.4 is 5.32 Å². The van der Waals surface area contributed by atoms with Crippen LogP contribution in [0.2, 0.25) is 0 Å². The minimum absolute atomic E-state index is 0.0122. The topological polar surface area (TPSA) is 49.3 Å². The van der Waals surface area contributed by atoms with Crippen LogP contribution in [0.4, 0.5) is 4.39 Å². The summed E-state index contributed by atoms with van der Waals surface area (Å²) in [5.74, 6) is -1.74. The molecule has 1 aromatic rings. The maximum absolute atomic E-state index is 13.2. The first-order chi connectivity index (χ1) is 6.99. The molecule has 0 aliphatic carbocycles. The highest BCUT2D eigenvalue weighted by atomic mass is 79.9. The smallest absolute Gasteiger partial charge is 0.181 e. The van der Waals surface area contributed by atoms with Crippen molar-refractivity contribution in [3.8, 4) is 5.75 Å². The SMILES string of the molecule is CNCC(=O)c1c(O)c(F)cc(C)c1Br. The second-order valence-electron chi connectivity index (χ2n) is 3.17. The van der Waals surface area contributed by atoms with E-state index in [4.69, 9.17) is 0 Å². The molecule has 15 heavy (non-hydrogen) atoms. The van der Waals surface area contributed by atoms with Gasteiger partial charge in [0.15, 0.2) is 17.3 Å². The van der Waals surface area contributed by atoms with Crippen molar-refractivity contribution in [1.82, 2.24) is 5.32 Å². The Morgan fingerprint density at radius 3 is 2.80 bits per heavy atom. The first-order valence-electron chi connectivity index (χ1n) is 4.34. The number of benzene rings is 1. The second kappa shape index (κ2) is 4.72. The fourth-order valence-electron chi connectivity index (χ4n) is 1.25. The quantitative estimate of drug-likeness (QED) is 0.830. The molecule has 0 saturated heterocycles. The number of halogens is 2. The molecule has 0 bridgehead atoms. The molecule has 0 amide bonds. The summed E-state index contributed by atoms with van der Waals surface area (Å²) in [4.78, 5) is 11.6. The summed E-state index contributed by atoms with van der Waals surface area (Å²) in [5.41, 5.74) is 0.562. The molecule has 5 heteroatoms. The van der Waals surface area contributed by atoms with Crippen LogP contribution in [0.25, 0.3) is 0 Å². The van der Waals surface area contributed by atoms with E-state index in [0.717, 1.165) is 0 Å². The van der Waals surface area contributed by atoms with Crippen LogP contribution in [0, 0.1) is 12.7 Å². The van der Waals surface area contributed by atoms with Crippen molar-refractivity contribution in [2.24, 2.45) is 0 Å². The molecule has 1 aromatic carbocycles. The fourth-order valence-corrected chi connectivity index (χ4v) is 1.77. The average Bonchev–Trinajstić information content (AvgIpc) is 2.16. The molecule has 2 N–H and O–H groups in total. The van der Waals surface area contributed by atoms with Crippen molar-refractivity contribution in [2.45, 2.75) is 6.92 Å². The van der Waals surface area contributed by atoms with Gasteiger partial charge in [-0.1, -0.05) is 0 Å². The molecule has 0 atom stereocenters. The maximum atomic E-state index is 13.2. The van der Waals surface area contributed by atoms with E-state index >= 15 is 0 Å². The van der Waals surface area contributed by atoms with Gasteiger partial charge in [0.2, 0.25) is 0 Å². The molecule has 0 aromatic heterocycles. The summed E-state index contributed by atoms with van der Waals surface area (Å²) >= 11 is 3.16. The van der Waals surface area contributed by atoms with Crippen LogP contribution in [-0.4, -0.2) is 24.5 Å². The zero-order valence-corrected chi connectivity index (χ0v) is 9.98. The monoisotopic (exact) mass is 275 g/mol. The Hall–Kier alpha value is -0.940. The lowest BCUT2D eigenvalue weighted by molar-refractivity contribution is 0.0989. The highest BCUT2D eigenvalue weighted by Gasteiger charge is 2.19. The number of likely N-dealkylation sites (N-methyl/N-ethyl adjacent to an activating group) is 1. The summed E-state index contributed by atoms with van der Waals surface area (Å²) in [6.07, 6.45) is 0. The van der Waals surface area contributed by atoms with Crippen molar-refractivity contribution < 1.29 is 14.3 Å². The third-order valence-electron chi connectivity index (χ3n) is 1.99. The molecule has 0 unspecified atom stereocenters. The average molecular weight is 276 g/mol. The predicted molar refractivity (Wildman–Crippen MR) is 58.8 cm³/mol. The van der Waals surface area contributed by atoms with Crippen LogP contribution >= 0.6 is 15.9 Å². The lowest BCUT2D eigenvalue weighted by atomic mass is 10.1. The van der Waals surface area contributed by atoms with E-state index in [1.165, 1.54) is 6.07 Å². The van der Waals surface area contributed by atoms with Gasteiger partial charge in [-0.25, -0.2) is 4.39 Å². The zero-order valence-electron chi connectivity index (χ0n) is 8.40. The fraction of sp³-hybridized carbons (Fsp3) is 0.300. The van der Waals surface area contributed by atoms with E-state index < -0.39 is 11.6 Å². The lowest BCUT2D eigenvalue weighted by Gasteiger charge is -2.09. The van der Waals surface area contributed by atoms with Gasteiger partial charge in [0, 0.05) is 4.47 Å². The number of carbonyl (C=O) groups is 1. The number of hydrogen-bond donors (Lipinski definition) is 2. The van der Waals surface area contributed by atoms with Gasteiger partial charge in [-0.2, -0.15) is 0 Å². The Bertz CT molecular complexity index is 381. The molecule has 0 radical (unpaired) electrons. The summed E-state index contributed by atoms with van der Waals surface area (Å²) < 4.78 is 13.6. The number of aromatic hydroxyl groups is 1. The van der Waals surface area contributed by atoms with E-state index in [9.17, 15) is 14.3 Å². The number of phenols is 1. The maximum Gasteiger partial charge on any atom is 0.181 e. The normalized spacial score (nSPS) is 10.4. The molecule has 0 aliphatic rings. The molecule has 0 aliphatic heterocycles. The van der Waals surface area contributed by atoms with Gasteiger partial charge in [0.05, 0.1) is 12.1 Å². The van der Waals surface area contributed by atoms with Crippen molar-refractivity contribution in [2.75, 3.05) is 13.6 Å². The van der Waals surface area contributed by atoms with Crippen LogP contribution in [0.5, 0.6) is 5.75 Å². The van der Waals surface area contributed by atoms with Gasteiger partial charge in [0.1, 0.15) is 0 Å². The third-order valence-corrected chi connectivity index (χ3v) is 3.01. The summed E-state index contributed by atoms with van der Waals surface area (Å²) in [5, 5.41) is 12.1. The summed E-state index contributed by atoms with van der Waals surface area (Å²) in [6, 6.07) is 1.18. The number of aryl methyl sites for hydroxylation is 1. The van der Waals surface area contributed by atoms with Gasteiger partial charge in [-0.05, 0) is 41.5 Å². The summed E-state index contributed by atoms with van der Waals surface area (Å²) in [6.45, 7) is 1.71. The highest BCUT2D eigenvalue weighted by Crippen LogP contribution is 2.32. The molecule has 0 heterocycles. The van der Waals surface area contributed by atoms with Crippen molar-refractivity contribution in [3.63, 3.8) is 0 Å². The van der Waals surface area contributed by atoms with Crippen molar-refractivity contribution in [3.05, 3.63) is 27.5 Å². The highest BCUT2D eigenvalue weighted by molar-refractivity contribution is 9.10. The third kappa shape index (κ3) is 2.35. The van der Waals surface area contributed by atoms with E-state index in [0.29, 0.717) is 10.0 Å². The Balaban J connectivity index is 3.32. The number of phenolic OH excluding ortho intramolecular Hbond substituents is 1. The number of Topliss-reactive ketones (excluding diaryl/α,β-unsaturated/α-hetero) is 1. The van der Waals surface area contributed by atoms with Gasteiger partial charge >= 0.3 is 0 Å². The summed E-state index contributed by atoms with van der Waals surface area (Å²) in [7, 11) is 1.61. The van der Waals surface area contributed by atoms with Gasteiger partial charge in [0.25, 0.3) is 0 Å². The Morgan fingerprint density at radius 1 is 1.67 bits per heavy atom. The van der Waals surface area contributed by atoms with E-state index in [1.54, 1.807) is 14.0 Å². The lowest BCUT2D eigenvalue weighted by Crippen LogP contribution is -2.19. The molecular formula is C10H11BrFNO2. The number of ketones is 1. The molecule has 82 valence electrons. The van der Waals surface area contributed by atoms with Crippen LogP contribution in [0.15, 0.2) is 10.5 Å². The number of carbonyl (C=O) groups excluding carboxylic acids is 1. The van der Waals surface area contributed by atoms with Crippen LogP contribution in [0.1, 0.15) is 15.9 Å². The number of nitrogens with one attached hydrogen (secondary N) is 1. The first kappa shape index (κ1) is 12.1. The van der Waals surface area contributed by atoms with Crippen LogP contribution in [-0.2, 0) is 0 Å². The molecule has 3 nitrogen and oxygen atoms in total. The Labute approximate surface area is 95.4 Å². The van der Waals surface area contributed by atoms with Gasteiger partial charge < -0.3 is 10.4 Å². The van der Waals surface area contributed by atoms with Gasteiger partial charge in [-0.3, -0.25) is 4.79 Å². The molecule has 0 fully saturated rings. The number of hydrogen-bond acceptors (Lipinski definition) is 3. The van der Waals surface area contributed by atoms with E-state index in [-0.39, 0.29) is 17.9 Å². The first-order valence-corrected chi connectivity index (χ1v) is 5.13. The zero-order chi connectivity index (χ0) is 11.6. The minimum Gasteiger partial charge on any atom is -0.504 e. The molecular weight excluding hydrogens is 265 g/mol. The largest absolute Gasteiger partial charge is 0.504 e. The standard InChI is InChI=1S/C10H11BrFNO2/c1-5-3-6(12)10(15)8(9(5)11)7(14)4-13-2/h3,13,15H,4H2,1-2H3. The van der Waals surface area contributed by atoms with E-state index in [2.05, 4.69) is 21.2 Å². The minimum atomic E-state index is -0.782. The second-order valence-corrected chi connectivity index (χ2v) is 3.96.